The molecule has 0 radical (unpaired) electrons. The smallest absolute Gasteiger partial charge is 0.233 e. The highest BCUT2D eigenvalue weighted by molar-refractivity contribution is 5.77. The van der Waals surface area contributed by atoms with Crippen LogP contribution in [0, 0.1) is 0 Å². The van der Waals surface area contributed by atoms with E-state index >= 15 is 0 Å². The lowest BCUT2D eigenvalue weighted by atomic mass is 10.2. The first-order chi connectivity index (χ1) is 9.74. The number of rotatable bonds is 7. The van der Waals surface area contributed by atoms with E-state index in [9.17, 15) is 4.79 Å². The molecule has 1 heterocycles. The summed E-state index contributed by atoms with van der Waals surface area (Å²) in [4.78, 5) is 11.5. The Hall–Kier alpha value is -1.95. The Bertz CT molecular complexity index is 476. The second kappa shape index (κ2) is 7.00. The van der Waals surface area contributed by atoms with Crippen LogP contribution in [0.3, 0.4) is 0 Å². The number of hydrogen-bond donors (Lipinski definition) is 2. The highest BCUT2D eigenvalue weighted by Crippen LogP contribution is 2.41. The summed E-state index contributed by atoms with van der Waals surface area (Å²) < 4.78 is 15.9. The number of nitrogens with one attached hydrogen (secondary N) is 2. The van der Waals surface area contributed by atoms with Crippen molar-refractivity contribution >= 4 is 5.91 Å². The van der Waals surface area contributed by atoms with Crippen LogP contribution in [-0.4, -0.2) is 32.9 Å². The predicted octanol–water partition coefficient (Wildman–Crippen LogP) is 1.04. The van der Waals surface area contributed by atoms with Crippen molar-refractivity contribution in [3.8, 4) is 17.2 Å². The molecule has 0 atom stereocenters. The number of ether oxygens (including phenoxy) is 3. The van der Waals surface area contributed by atoms with Crippen LogP contribution < -0.4 is 24.8 Å². The van der Waals surface area contributed by atoms with Gasteiger partial charge in [0.05, 0.1) is 13.7 Å². The first kappa shape index (κ1) is 14.5. The lowest BCUT2D eigenvalue weighted by Crippen LogP contribution is -2.33. The molecule has 2 N–H and O–H groups in total. The number of benzene rings is 1. The van der Waals surface area contributed by atoms with Crippen molar-refractivity contribution < 1.29 is 19.0 Å². The fourth-order valence-corrected chi connectivity index (χ4v) is 1.93. The van der Waals surface area contributed by atoms with Crippen LogP contribution in [0.15, 0.2) is 12.1 Å². The van der Waals surface area contributed by atoms with Crippen molar-refractivity contribution in [3.63, 3.8) is 0 Å². The maximum absolute atomic E-state index is 11.5. The minimum absolute atomic E-state index is 0.000409. The third-order valence-electron chi connectivity index (χ3n) is 2.91. The topological polar surface area (TPSA) is 68.8 Å². The molecule has 110 valence electrons. The molecule has 6 nitrogen and oxygen atoms in total. The molecule has 1 aliphatic rings. The number of carbonyl (C=O) groups is 1. The van der Waals surface area contributed by atoms with E-state index in [0.29, 0.717) is 30.3 Å². The number of fused-ring (bicyclic) bond motifs is 1. The molecule has 0 bridgehead atoms. The van der Waals surface area contributed by atoms with Crippen LogP contribution in [0.5, 0.6) is 17.2 Å². The van der Waals surface area contributed by atoms with E-state index in [1.807, 2.05) is 19.1 Å². The van der Waals surface area contributed by atoms with E-state index in [1.54, 1.807) is 7.11 Å². The average molecular weight is 280 g/mol. The molecule has 0 aliphatic carbocycles. The van der Waals surface area contributed by atoms with Gasteiger partial charge in [0.2, 0.25) is 18.4 Å². The van der Waals surface area contributed by atoms with Gasteiger partial charge in [-0.25, -0.2) is 0 Å². The largest absolute Gasteiger partial charge is 0.493 e. The fourth-order valence-electron chi connectivity index (χ4n) is 1.93. The molecule has 1 aromatic carbocycles. The Labute approximate surface area is 118 Å². The average Bonchev–Trinajstić information content (AvgIpc) is 2.92. The summed E-state index contributed by atoms with van der Waals surface area (Å²) in [5.74, 6) is 1.96. The van der Waals surface area contributed by atoms with Gasteiger partial charge in [0.25, 0.3) is 0 Å². The van der Waals surface area contributed by atoms with Crippen molar-refractivity contribution in [2.24, 2.45) is 0 Å². The molecule has 0 saturated heterocycles. The van der Waals surface area contributed by atoms with Crippen LogP contribution in [-0.2, 0) is 11.3 Å². The normalized spacial score (nSPS) is 12.3. The number of amides is 1. The van der Waals surface area contributed by atoms with E-state index in [0.717, 1.165) is 12.0 Å². The van der Waals surface area contributed by atoms with Gasteiger partial charge in [-0.1, -0.05) is 6.92 Å². The van der Waals surface area contributed by atoms with Gasteiger partial charge in [0.15, 0.2) is 11.5 Å². The zero-order valence-corrected chi connectivity index (χ0v) is 11.8. The van der Waals surface area contributed by atoms with E-state index < -0.39 is 0 Å². The summed E-state index contributed by atoms with van der Waals surface area (Å²) in [7, 11) is 1.59. The number of hydrogen-bond acceptors (Lipinski definition) is 5. The standard InChI is InChI=1S/C14H20N2O4/c1-3-4-16-13(17)8-15-7-10-5-11(18-2)14-12(6-10)19-9-20-14/h5-6,15H,3-4,7-9H2,1-2H3,(H,16,17). The SMILES string of the molecule is CCCNC(=O)CNCc1cc(OC)c2c(c1)OCO2. The summed E-state index contributed by atoms with van der Waals surface area (Å²) in [6, 6.07) is 3.77. The van der Waals surface area contributed by atoms with Crippen molar-refractivity contribution in [3.05, 3.63) is 17.7 Å². The molecule has 20 heavy (non-hydrogen) atoms. The molecule has 1 aliphatic heterocycles. The molecule has 1 aromatic rings. The van der Waals surface area contributed by atoms with E-state index in [1.165, 1.54) is 0 Å². The second-order valence-electron chi connectivity index (χ2n) is 4.49. The maximum atomic E-state index is 11.5. The van der Waals surface area contributed by atoms with Gasteiger partial charge in [0, 0.05) is 13.1 Å². The van der Waals surface area contributed by atoms with Gasteiger partial charge in [-0.3, -0.25) is 4.79 Å². The summed E-state index contributed by atoms with van der Waals surface area (Å²) in [5.41, 5.74) is 0.981. The molecule has 0 spiro atoms. The maximum Gasteiger partial charge on any atom is 0.233 e. The van der Waals surface area contributed by atoms with Crippen molar-refractivity contribution in [2.75, 3.05) is 27.0 Å². The Balaban J connectivity index is 1.89. The first-order valence-electron chi connectivity index (χ1n) is 6.68. The number of methoxy groups -OCH3 is 1. The highest BCUT2D eigenvalue weighted by Gasteiger charge is 2.19. The third-order valence-corrected chi connectivity index (χ3v) is 2.91. The summed E-state index contributed by atoms with van der Waals surface area (Å²) >= 11 is 0. The highest BCUT2D eigenvalue weighted by atomic mass is 16.7. The van der Waals surface area contributed by atoms with Crippen molar-refractivity contribution in [1.29, 1.82) is 0 Å². The molecule has 0 saturated carbocycles. The van der Waals surface area contributed by atoms with Crippen LogP contribution in [0.4, 0.5) is 0 Å². The zero-order valence-electron chi connectivity index (χ0n) is 11.8. The molecular formula is C14H20N2O4. The van der Waals surface area contributed by atoms with Crippen LogP contribution in [0.2, 0.25) is 0 Å². The quantitative estimate of drug-likeness (QED) is 0.781. The predicted molar refractivity (Wildman–Crippen MR) is 74.1 cm³/mol. The minimum atomic E-state index is -0.000409. The van der Waals surface area contributed by atoms with Gasteiger partial charge in [-0.05, 0) is 24.1 Å². The van der Waals surface area contributed by atoms with Crippen molar-refractivity contribution in [2.45, 2.75) is 19.9 Å². The summed E-state index contributed by atoms with van der Waals surface area (Å²) in [5, 5.41) is 5.90. The lowest BCUT2D eigenvalue weighted by Gasteiger charge is -2.09. The summed E-state index contributed by atoms with van der Waals surface area (Å²) in [6.07, 6.45) is 0.936. The monoisotopic (exact) mass is 280 g/mol. The van der Waals surface area contributed by atoms with Gasteiger partial charge in [-0.2, -0.15) is 0 Å². The van der Waals surface area contributed by atoms with Crippen molar-refractivity contribution in [1.82, 2.24) is 10.6 Å². The van der Waals surface area contributed by atoms with E-state index in [4.69, 9.17) is 14.2 Å². The van der Waals surface area contributed by atoms with Gasteiger partial charge in [0.1, 0.15) is 0 Å². The summed E-state index contributed by atoms with van der Waals surface area (Å²) in [6.45, 7) is 3.79. The zero-order chi connectivity index (χ0) is 14.4. The number of carbonyl (C=O) groups excluding carboxylic acids is 1. The first-order valence-corrected chi connectivity index (χ1v) is 6.68. The Kier molecular flexibility index (Phi) is 5.06. The molecule has 0 unspecified atom stereocenters. The van der Waals surface area contributed by atoms with Gasteiger partial charge in [-0.15, -0.1) is 0 Å². The molecule has 6 heteroatoms. The second-order valence-corrected chi connectivity index (χ2v) is 4.49. The molecule has 0 aromatic heterocycles. The van der Waals surface area contributed by atoms with Crippen LogP contribution in [0.1, 0.15) is 18.9 Å². The molecule has 2 rings (SSSR count). The van der Waals surface area contributed by atoms with Gasteiger partial charge >= 0.3 is 0 Å². The Morgan fingerprint density at radius 2 is 2.25 bits per heavy atom. The van der Waals surface area contributed by atoms with E-state index in [2.05, 4.69) is 10.6 Å². The fraction of sp³-hybridized carbons (Fsp3) is 0.500. The van der Waals surface area contributed by atoms with Crippen LogP contribution >= 0.6 is 0 Å². The molecule has 1 amide bonds. The lowest BCUT2D eigenvalue weighted by molar-refractivity contribution is -0.120. The Morgan fingerprint density at radius 3 is 3.00 bits per heavy atom. The van der Waals surface area contributed by atoms with E-state index in [-0.39, 0.29) is 19.2 Å². The minimum Gasteiger partial charge on any atom is -0.493 e. The molecular weight excluding hydrogens is 260 g/mol. The van der Waals surface area contributed by atoms with Crippen LogP contribution in [0.25, 0.3) is 0 Å². The Morgan fingerprint density at radius 1 is 1.40 bits per heavy atom. The molecule has 0 fully saturated rings. The third kappa shape index (κ3) is 3.54. The van der Waals surface area contributed by atoms with Gasteiger partial charge < -0.3 is 24.8 Å².